The van der Waals surface area contributed by atoms with Crippen LogP contribution in [0.2, 0.25) is 0 Å². The number of unbranched alkanes of at least 4 members (excludes halogenated alkanes) is 1. The fourth-order valence-electron chi connectivity index (χ4n) is 1.88. The molecule has 0 spiro atoms. The van der Waals surface area contributed by atoms with Crippen LogP contribution in [0.3, 0.4) is 0 Å². The van der Waals surface area contributed by atoms with E-state index in [0.29, 0.717) is 24.4 Å². The topological polar surface area (TPSA) is 68.3 Å². The number of nitrogens with one attached hydrogen (secondary N) is 1. The average molecular weight is 383 g/mol. The van der Waals surface area contributed by atoms with Gasteiger partial charge in [-0.2, -0.15) is 0 Å². The summed E-state index contributed by atoms with van der Waals surface area (Å²) in [6.45, 7) is 0.970. The lowest BCUT2D eigenvalue weighted by molar-refractivity contribution is 0.0952. The summed E-state index contributed by atoms with van der Waals surface area (Å²) in [6, 6.07) is 9.87. The van der Waals surface area contributed by atoms with Crippen molar-refractivity contribution in [2.45, 2.75) is 24.3 Å². The third-order valence-electron chi connectivity index (χ3n) is 3.07. The lowest BCUT2D eigenvalue weighted by Crippen LogP contribution is -2.24. The Morgan fingerprint density at radius 1 is 1.32 bits per heavy atom. The Morgan fingerprint density at radius 2 is 2.14 bits per heavy atom. The van der Waals surface area contributed by atoms with E-state index in [1.165, 1.54) is 11.2 Å². The number of hydrogen-bond donors (Lipinski definition) is 2. The fraction of sp³-hybridized carbons (Fsp3) is 0.312. The maximum Gasteiger partial charge on any atom is 0.254 e. The molecule has 0 bridgehead atoms. The van der Waals surface area contributed by atoms with Gasteiger partial charge < -0.3 is 15.5 Å². The van der Waals surface area contributed by atoms with Crippen molar-refractivity contribution in [1.82, 2.24) is 5.32 Å². The molecule has 0 aliphatic carbocycles. The maximum absolute atomic E-state index is 11.8. The molecule has 0 unspecified atom stereocenters. The van der Waals surface area contributed by atoms with Crippen molar-refractivity contribution in [3.8, 4) is 0 Å². The molecule has 0 saturated heterocycles. The number of carbonyl (C=O) groups is 1. The first kappa shape index (κ1) is 17.1. The summed E-state index contributed by atoms with van der Waals surface area (Å²) in [5, 5.41) is 2.89. The molecule has 3 N–H and O–H groups in total. The quantitative estimate of drug-likeness (QED) is 0.538. The SMILES string of the molecule is NCc1cc(C(=O)NCCCCSc2ccccc2Br)co1. The number of thioether (sulfide) groups is 1. The normalized spacial score (nSPS) is 10.6. The second-order valence-electron chi connectivity index (χ2n) is 4.75. The van der Waals surface area contributed by atoms with Crippen LogP contribution in [-0.4, -0.2) is 18.2 Å². The first-order chi connectivity index (χ1) is 10.7. The van der Waals surface area contributed by atoms with Crippen LogP contribution in [0.15, 0.2) is 50.4 Å². The second kappa shape index (κ2) is 9.02. The zero-order chi connectivity index (χ0) is 15.8. The van der Waals surface area contributed by atoms with Gasteiger partial charge in [-0.3, -0.25) is 4.79 Å². The van der Waals surface area contributed by atoms with E-state index in [1.54, 1.807) is 6.07 Å². The smallest absolute Gasteiger partial charge is 0.254 e. The van der Waals surface area contributed by atoms with Crippen LogP contribution in [0, 0.1) is 0 Å². The van der Waals surface area contributed by atoms with E-state index in [-0.39, 0.29) is 5.91 Å². The van der Waals surface area contributed by atoms with Gasteiger partial charge in [-0.25, -0.2) is 0 Å². The van der Waals surface area contributed by atoms with Gasteiger partial charge in [0.05, 0.1) is 12.1 Å². The van der Waals surface area contributed by atoms with Crippen LogP contribution in [0.1, 0.15) is 29.0 Å². The molecule has 0 saturated carbocycles. The van der Waals surface area contributed by atoms with Gasteiger partial charge in [-0.05, 0) is 52.7 Å². The molecule has 0 fully saturated rings. The van der Waals surface area contributed by atoms with E-state index in [9.17, 15) is 4.79 Å². The summed E-state index contributed by atoms with van der Waals surface area (Å²) >= 11 is 5.36. The number of rotatable bonds is 8. The van der Waals surface area contributed by atoms with Crippen molar-refractivity contribution in [2.24, 2.45) is 5.73 Å². The predicted molar refractivity (Wildman–Crippen MR) is 93.0 cm³/mol. The van der Waals surface area contributed by atoms with Crippen LogP contribution in [0.5, 0.6) is 0 Å². The summed E-state index contributed by atoms with van der Waals surface area (Å²) in [7, 11) is 0. The third-order valence-corrected chi connectivity index (χ3v) is 5.18. The number of nitrogens with two attached hydrogens (primary N) is 1. The molecule has 4 nitrogen and oxygen atoms in total. The van der Waals surface area contributed by atoms with E-state index in [4.69, 9.17) is 10.2 Å². The molecular weight excluding hydrogens is 364 g/mol. The molecule has 0 atom stereocenters. The Labute approximate surface area is 143 Å². The zero-order valence-electron chi connectivity index (χ0n) is 12.2. The van der Waals surface area contributed by atoms with Crippen LogP contribution in [0.25, 0.3) is 0 Å². The number of halogens is 1. The minimum atomic E-state index is -0.109. The number of benzene rings is 1. The summed E-state index contributed by atoms with van der Waals surface area (Å²) in [5.74, 6) is 1.54. The first-order valence-corrected chi connectivity index (χ1v) is 8.91. The standard InChI is InChI=1S/C16H19BrN2O2S/c17-14-5-1-2-6-15(14)22-8-4-3-7-19-16(20)12-9-13(10-18)21-11-12/h1-2,5-6,9,11H,3-4,7-8,10,18H2,(H,19,20). The summed E-state index contributed by atoms with van der Waals surface area (Å²) in [6.07, 6.45) is 3.44. The molecule has 22 heavy (non-hydrogen) atoms. The monoisotopic (exact) mass is 382 g/mol. The summed E-state index contributed by atoms with van der Waals surface area (Å²) in [5.41, 5.74) is 5.98. The zero-order valence-corrected chi connectivity index (χ0v) is 14.6. The molecule has 0 aliphatic heterocycles. The van der Waals surface area contributed by atoms with Crippen LogP contribution in [0.4, 0.5) is 0 Å². The van der Waals surface area contributed by atoms with Crippen LogP contribution >= 0.6 is 27.7 Å². The van der Waals surface area contributed by atoms with Crippen molar-refractivity contribution in [3.63, 3.8) is 0 Å². The van der Waals surface area contributed by atoms with Crippen LogP contribution < -0.4 is 11.1 Å². The highest BCUT2D eigenvalue weighted by Gasteiger charge is 2.08. The molecule has 2 rings (SSSR count). The van der Waals surface area contributed by atoms with Crippen molar-refractivity contribution in [2.75, 3.05) is 12.3 Å². The highest BCUT2D eigenvalue weighted by Crippen LogP contribution is 2.27. The molecule has 2 aromatic rings. The largest absolute Gasteiger partial charge is 0.467 e. The second-order valence-corrected chi connectivity index (χ2v) is 6.74. The Bertz CT molecular complexity index is 616. The van der Waals surface area contributed by atoms with E-state index >= 15 is 0 Å². The summed E-state index contributed by atoms with van der Waals surface area (Å²) in [4.78, 5) is 13.1. The van der Waals surface area contributed by atoms with E-state index in [2.05, 4.69) is 27.3 Å². The van der Waals surface area contributed by atoms with Gasteiger partial charge in [0.1, 0.15) is 12.0 Å². The lowest BCUT2D eigenvalue weighted by Gasteiger charge is -2.05. The molecule has 118 valence electrons. The molecule has 0 radical (unpaired) electrons. The van der Waals surface area contributed by atoms with Crippen molar-refractivity contribution < 1.29 is 9.21 Å². The molecule has 1 aromatic carbocycles. The number of furan rings is 1. The molecule has 1 aromatic heterocycles. The van der Waals surface area contributed by atoms with Gasteiger partial charge in [-0.1, -0.05) is 12.1 Å². The average Bonchev–Trinajstić information content (AvgIpc) is 3.01. The highest BCUT2D eigenvalue weighted by atomic mass is 79.9. The predicted octanol–water partition coefficient (Wildman–Crippen LogP) is 3.80. The van der Waals surface area contributed by atoms with Crippen molar-refractivity contribution in [3.05, 3.63) is 52.4 Å². The van der Waals surface area contributed by atoms with Gasteiger partial charge in [-0.15, -0.1) is 11.8 Å². The molecule has 6 heteroatoms. The molecule has 1 amide bonds. The minimum absolute atomic E-state index is 0.109. The summed E-state index contributed by atoms with van der Waals surface area (Å²) < 4.78 is 6.28. The first-order valence-electron chi connectivity index (χ1n) is 7.13. The molecule has 1 heterocycles. The van der Waals surface area contributed by atoms with Gasteiger partial charge in [0, 0.05) is 15.9 Å². The maximum atomic E-state index is 11.8. The van der Waals surface area contributed by atoms with Gasteiger partial charge in [0.25, 0.3) is 5.91 Å². The van der Waals surface area contributed by atoms with Gasteiger partial charge in [0.2, 0.25) is 0 Å². The number of hydrogen-bond acceptors (Lipinski definition) is 4. The van der Waals surface area contributed by atoms with Crippen molar-refractivity contribution >= 4 is 33.6 Å². The van der Waals surface area contributed by atoms with E-state index in [0.717, 1.165) is 23.1 Å². The lowest BCUT2D eigenvalue weighted by atomic mass is 10.2. The Kier molecular flexibility index (Phi) is 7.02. The molecular formula is C16H19BrN2O2S. The van der Waals surface area contributed by atoms with Crippen LogP contribution in [-0.2, 0) is 6.54 Å². The molecule has 0 aliphatic rings. The Morgan fingerprint density at radius 3 is 2.86 bits per heavy atom. The van der Waals surface area contributed by atoms with Gasteiger partial charge in [0.15, 0.2) is 0 Å². The Hall–Kier alpha value is -1.24. The fourth-order valence-corrected chi connectivity index (χ4v) is 3.46. The third kappa shape index (κ3) is 5.19. The van der Waals surface area contributed by atoms with Gasteiger partial charge >= 0.3 is 0 Å². The highest BCUT2D eigenvalue weighted by molar-refractivity contribution is 9.10. The van der Waals surface area contributed by atoms with E-state index < -0.39 is 0 Å². The minimum Gasteiger partial charge on any atom is -0.467 e. The van der Waals surface area contributed by atoms with E-state index in [1.807, 2.05) is 30.0 Å². The number of amides is 1. The number of carbonyl (C=O) groups excluding carboxylic acids is 1. The van der Waals surface area contributed by atoms with Crippen molar-refractivity contribution in [1.29, 1.82) is 0 Å². The Balaban J connectivity index is 1.61.